The van der Waals surface area contributed by atoms with E-state index < -0.39 is 0 Å². The van der Waals surface area contributed by atoms with Gasteiger partial charge < -0.3 is 19.1 Å². The highest BCUT2D eigenvalue weighted by Crippen LogP contribution is 2.26. The molecular weight excluding hydrogens is 270 g/mol. The fraction of sp³-hybridized carbons (Fsp3) is 0.562. The highest BCUT2D eigenvalue weighted by atomic mass is 16.5. The topological polar surface area (TPSA) is 48.0 Å². The molecule has 1 atom stereocenters. The van der Waals surface area contributed by atoms with Gasteiger partial charge in [0.05, 0.1) is 25.9 Å². The summed E-state index contributed by atoms with van der Waals surface area (Å²) in [7, 11) is 3.15. The lowest BCUT2D eigenvalue weighted by Gasteiger charge is -2.24. The molecule has 0 radical (unpaired) electrons. The molecule has 5 heteroatoms. The van der Waals surface area contributed by atoms with E-state index in [0.717, 1.165) is 19.4 Å². The Kier molecular flexibility index (Phi) is 5.44. The van der Waals surface area contributed by atoms with Gasteiger partial charge in [-0.3, -0.25) is 4.79 Å². The van der Waals surface area contributed by atoms with Gasteiger partial charge in [-0.1, -0.05) is 0 Å². The number of methoxy groups -OCH3 is 2. The van der Waals surface area contributed by atoms with Crippen molar-refractivity contribution >= 4 is 5.91 Å². The second-order valence-electron chi connectivity index (χ2n) is 5.05. The van der Waals surface area contributed by atoms with Crippen molar-refractivity contribution < 1.29 is 19.0 Å². The summed E-state index contributed by atoms with van der Waals surface area (Å²) in [5, 5.41) is 0. The molecule has 1 aromatic carbocycles. The number of hydrogen-bond donors (Lipinski definition) is 0. The van der Waals surface area contributed by atoms with E-state index in [2.05, 4.69) is 0 Å². The molecule has 5 nitrogen and oxygen atoms in total. The minimum atomic E-state index is -0.0347. The molecule has 1 unspecified atom stereocenters. The lowest BCUT2D eigenvalue weighted by Crippen LogP contribution is -2.37. The Labute approximate surface area is 125 Å². The molecule has 1 heterocycles. The summed E-state index contributed by atoms with van der Waals surface area (Å²) in [5.74, 6) is 1.17. The minimum absolute atomic E-state index is 0.0347. The van der Waals surface area contributed by atoms with E-state index in [1.165, 1.54) is 0 Å². The summed E-state index contributed by atoms with van der Waals surface area (Å²) in [6.45, 7) is 4.05. The molecule has 1 saturated heterocycles. The molecule has 1 fully saturated rings. The normalized spacial score (nSPS) is 17.6. The first-order valence-electron chi connectivity index (χ1n) is 7.32. The molecule has 0 spiro atoms. The molecule has 1 amide bonds. The minimum Gasteiger partial charge on any atom is -0.497 e. The van der Waals surface area contributed by atoms with Gasteiger partial charge in [-0.15, -0.1) is 0 Å². The largest absolute Gasteiger partial charge is 0.497 e. The number of carbonyl (C=O) groups excluding carboxylic acids is 1. The van der Waals surface area contributed by atoms with Crippen molar-refractivity contribution in [2.75, 3.05) is 33.9 Å². The average Bonchev–Trinajstić information content (AvgIpc) is 3.04. The molecule has 0 bridgehead atoms. The molecule has 1 aromatic rings. The highest BCUT2D eigenvalue weighted by Gasteiger charge is 2.24. The molecule has 1 aliphatic rings. The second-order valence-corrected chi connectivity index (χ2v) is 5.05. The zero-order valence-corrected chi connectivity index (χ0v) is 12.9. The number of benzene rings is 1. The van der Waals surface area contributed by atoms with Gasteiger partial charge in [-0.05, 0) is 31.9 Å². The van der Waals surface area contributed by atoms with Crippen LogP contribution in [-0.4, -0.2) is 50.8 Å². The van der Waals surface area contributed by atoms with Crippen molar-refractivity contribution in [2.24, 2.45) is 0 Å². The van der Waals surface area contributed by atoms with Gasteiger partial charge in [0.1, 0.15) is 11.5 Å². The first-order chi connectivity index (χ1) is 10.2. The number of hydrogen-bond acceptors (Lipinski definition) is 4. The van der Waals surface area contributed by atoms with E-state index in [1.807, 2.05) is 6.92 Å². The third-order valence-electron chi connectivity index (χ3n) is 3.76. The van der Waals surface area contributed by atoms with Crippen LogP contribution in [0.2, 0.25) is 0 Å². The Hall–Kier alpha value is -1.75. The average molecular weight is 293 g/mol. The van der Waals surface area contributed by atoms with Gasteiger partial charge in [0.15, 0.2) is 0 Å². The molecular formula is C16H23NO4. The lowest BCUT2D eigenvalue weighted by molar-refractivity contribution is 0.0536. The van der Waals surface area contributed by atoms with Crippen LogP contribution in [0.25, 0.3) is 0 Å². The molecule has 0 saturated carbocycles. The first-order valence-corrected chi connectivity index (χ1v) is 7.32. The third-order valence-corrected chi connectivity index (χ3v) is 3.76. The summed E-state index contributed by atoms with van der Waals surface area (Å²) in [4.78, 5) is 14.5. The number of nitrogens with zero attached hydrogens (tertiary/aromatic N) is 1. The predicted octanol–water partition coefficient (Wildman–Crippen LogP) is 2.34. The Morgan fingerprint density at radius 2 is 2.19 bits per heavy atom. The monoisotopic (exact) mass is 293 g/mol. The van der Waals surface area contributed by atoms with E-state index in [4.69, 9.17) is 14.2 Å². The van der Waals surface area contributed by atoms with Crippen LogP contribution in [0.1, 0.15) is 30.1 Å². The van der Waals surface area contributed by atoms with Crippen LogP contribution in [0.4, 0.5) is 0 Å². The standard InChI is InChI=1S/C16H23NO4/c1-4-17(11-13-6-5-9-21-13)16(18)14-8-7-12(19-2)10-15(14)20-3/h7-8,10,13H,4-6,9,11H2,1-3H3. The van der Waals surface area contributed by atoms with Crippen LogP contribution in [0, 0.1) is 0 Å². The van der Waals surface area contributed by atoms with Gasteiger partial charge in [-0.2, -0.15) is 0 Å². The third kappa shape index (κ3) is 3.67. The van der Waals surface area contributed by atoms with Crippen LogP contribution in [0.15, 0.2) is 18.2 Å². The SMILES string of the molecule is CCN(CC1CCCO1)C(=O)c1ccc(OC)cc1OC. The number of rotatable bonds is 6. The van der Waals surface area contributed by atoms with Crippen molar-refractivity contribution in [1.82, 2.24) is 4.90 Å². The second kappa shape index (κ2) is 7.31. The number of carbonyl (C=O) groups is 1. The van der Waals surface area contributed by atoms with Crippen molar-refractivity contribution in [3.8, 4) is 11.5 Å². The van der Waals surface area contributed by atoms with E-state index >= 15 is 0 Å². The molecule has 21 heavy (non-hydrogen) atoms. The molecule has 2 rings (SSSR count). The Morgan fingerprint density at radius 1 is 1.38 bits per heavy atom. The lowest BCUT2D eigenvalue weighted by atomic mass is 10.1. The predicted molar refractivity (Wildman–Crippen MR) is 80.1 cm³/mol. The zero-order valence-electron chi connectivity index (χ0n) is 12.9. The number of ether oxygens (including phenoxy) is 3. The van der Waals surface area contributed by atoms with E-state index in [1.54, 1.807) is 37.3 Å². The summed E-state index contributed by atoms with van der Waals surface area (Å²) in [6, 6.07) is 5.25. The number of likely N-dealkylation sites (N-methyl/N-ethyl adjacent to an activating group) is 1. The van der Waals surface area contributed by atoms with Crippen LogP contribution < -0.4 is 9.47 Å². The summed E-state index contributed by atoms with van der Waals surface area (Å²) in [5.41, 5.74) is 0.554. The van der Waals surface area contributed by atoms with Crippen molar-refractivity contribution in [3.05, 3.63) is 23.8 Å². The van der Waals surface area contributed by atoms with Crippen LogP contribution in [0.5, 0.6) is 11.5 Å². The summed E-state index contributed by atoms with van der Waals surface area (Å²) in [6.07, 6.45) is 2.24. The van der Waals surface area contributed by atoms with E-state index in [9.17, 15) is 4.79 Å². The summed E-state index contributed by atoms with van der Waals surface area (Å²) >= 11 is 0. The van der Waals surface area contributed by atoms with Crippen LogP contribution in [0.3, 0.4) is 0 Å². The molecule has 116 valence electrons. The van der Waals surface area contributed by atoms with Gasteiger partial charge in [0, 0.05) is 25.8 Å². The van der Waals surface area contributed by atoms with Gasteiger partial charge in [-0.25, -0.2) is 0 Å². The maximum atomic E-state index is 12.7. The zero-order chi connectivity index (χ0) is 15.2. The Bertz CT molecular complexity index is 483. The first kappa shape index (κ1) is 15.6. The van der Waals surface area contributed by atoms with E-state index in [0.29, 0.717) is 30.2 Å². The molecule has 0 aliphatic carbocycles. The fourth-order valence-electron chi connectivity index (χ4n) is 2.54. The fourth-order valence-corrected chi connectivity index (χ4v) is 2.54. The smallest absolute Gasteiger partial charge is 0.257 e. The molecule has 0 N–H and O–H groups in total. The Morgan fingerprint density at radius 3 is 2.76 bits per heavy atom. The molecule has 0 aromatic heterocycles. The Balaban J connectivity index is 2.16. The van der Waals surface area contributed by atoms with E-state index in [-0.39, 0.29) is 12.0 Å². The van der Waals surface area contributed by atoms with Gasteiger partial charge in [0.2, 0.25) is 0 Å². The van der Waals surface area contributed by atoms with Crippen LogP contribution >= 0.6 is 0 Å². The van der Waals surface area contributed by atoms with Crippen molar-refractivity contribution in [1.29, 1.82) is 0 Å². The van der Waals surface area contributed by atoms with Crippen molar-refractivity contribution in [2.45, 2.75) is 25.9 Å². The maximum Gasteiger partial charge on any atom is 0.257 e. The van der Waals surface area contributed by atoms with Crippen molar-refractivity contribution in [3.63, 3.8) is 0 Å². The highest BCUT2D eigenvalue weighted by molar-refractivity contribution is 5.97. The van der Waals surface area contributed by atoms with Gasteiger partial charge >= 0.3 is 0 Å². The summed E-state index contributed by atoms with van der Waals surface area (Å²) < 4.78 is 16.1. The van der Waals surface area contributed by atoms with Gasteiger partial charge in [0.25, 0.3) is 5.91 Å². The molecule has 1 aliphatic heterocycles. The quantitative estimate of drug-likeness (QED) is 0.808. The number of amides is 1. The maximum absolute atomic E-state index is 12.7. The van der Waals surface area contributed by atoms with Crippen LogP contribution in [-0.2, 0) is 4.74 Å².